The molecule has 0 amide bonds. The van der Waals surface area contributed by atoms with Crippen molar-refractivity contribution in [1.29, 1.82) is 0 Å². The van der Waals surface area contributed by atoms with Crippen LogP contribution in [0.4, 0.5) is 0 Å². The molecule has 0 bridgehead atoms. The minimum Gasteiger partial charge on any atom is -0.308 e. The first-order valence-corrected chi connectivity index (χ1v) is 4.21. The Morgan fingerprint density at radius 1 is 1.60 bits per heavy atom. The van der Waals surface area contributed by atoms with Crippen LogP contribution in [0.15, 0.2) is 11.6 Å². The number of halogens is 1. The Hall–Kier alpha value is -0.0100. The molecule has 0 spiro atoms. The Morgan fingerprint density at radius 3 is 2.70 bits per heavy atom. The fourth-order valence-corrected chi connectivity index (χ4v) is 1.32. The van der Waals surface area contributed by atoms with Gasteiger partial charge in [0.05, 0.1) is 0 Å². The maximum atomic E-state index is 5.37. The highest BCUT2D eigenvalue weighted by Crippen LogP contribution is 2.30. The van der Waals surface area contributed by atoms with E-state index in [1.54, 1.807) is 5.54 Å². The Bertz CT molecular complexity index is 127. The first kappa shape index (κ1) is 8.09. The van der Waals surface area contributed by atoms with E-state index in [9.17, 15) is 0 Å². The van der Waals surface area contributed by atoms with Crippen molar-refractivity contribution >= 4 is 11.6 Å². The summed E-state index contributed by atoms with van der Waals surface area (Å²) in [4.78, 5) is 0. The maximum absolute atomic E-state index is 5.37. The van der Waals surface area contributed by atoms with Gasteiger partial charge < -0.3 is 5.32 Å². The number of hydrogen-bond acceptors (Lipinski definition) is 1. The van der Waals surface area contributed by atoms with E-state index in [2.05, 4.69) is 12.2 Å². The molecule has 1 aliphatic rings. The SMILES string of the molecule is CC1(NC/C=C/Cl)CCC1. The van der Waals surface area contributed by atoms with E-state index in [1.807, 2.05) is 6.08 Å². The molecule has 1 saturated carbocycles. The van der Waals surface area contributed by atoms with Gasteiger partial charge in [0.25, 0.3) is 0 Å². The van der Waals surface area contributed by atoms with Gasteiger partial charge >= 0.3 is 0 Å². The Labute approximate surface area is 67.5 Å². The molecule has 0 atom stereocenters. The molecule has 1 rings (SSSR count). The molecule has 2 heteroatoms. The third-order valence-electron chi connectivity index (χ3n) is 2.19. The molecule has 1 fully saturated rings. The Morgan fingerprint density at radius 2 is 2.30 bits per heavy atom. The summed E-state index contributed by atoms with van der Waals surface area (Å²) < 4.78 is 0. The topological polar surface area (TPSA) is 12.0 Å². The summed E-state index contributed by atoms with van der Waals surface area (Å²) in [6, 6.07) is 0. The van der Waals surface area contributed by atoms with Crippen LogP contribution in [0.1, 0.15) is 26.2 Å². The van der Waals surface area contributed by atoms with Gasteiger partial charge in [0.1, 0.15) is 0 Å². The third kappa shape index (κ3) is 1.99. The summed E-state index contributed by atoms with van der Waals surface area (Å²) in [5.74, 6) is 0. The van der Waals surface area contributed by atoms with E-state index in [0.717, 1.165) is 6.54 Å². The van der Waals surface area contributed by atoms with Crippen molar-refractivity contribution in [2.75, 3.05) is 6.54 Å². The molecule has 1 N–H and O–H groups in total. The highest BCUT2D eigenvalue weighted by Gasteiger charge is 2.29. The monoisotopic (exact) mass is 159 g/mol. The van der Waals surface area contributed by atoms with Gasteiger partial charge in [-0.2, -0.15) is 0 Å². The normalized spacial score (nSPS) is 23.0. The summed E-state index contributed by atoms with van der Waals surface area (Å²) in [5, 5.41) is 3.43. The van der Waals surface area contributed by atoms with E-state index in [1.165, 1.54) is 19.3 Å². The second-order valence-electron chi connectivity index (χ2n) is 3.16. The second kappa shape index (κ2) is 3.40. The lowest BCUT2D eigenvalue weighted by Gasteiger charge is -2.39. The smallest absolute Gasteiger partial charge is 0.0156 e. The van der Waals surface area contributed by atoms with E-state index >= 15 is 0 Å². The zero-order valence-corrected chi connectivity index (χ0v) is 7.12. The van der Waals surface area contributed by atoms with Gasteiger partial charge in [0.2, 0.25) is 0 Å². The number of hydrogen-bond donors (Lipinski definition) is 1. The molecule has 0 radical (unpaired) electrons. The summed E-state index contributed by atoms with van der Waals surface area (Å²) in [7, 11) is 0. The molecule has 0 aromatic rings. The Kier molecular flexibility index (Phi) is 2.75. The van der Waals surface area contributed by atoms with Crippen LogP contribution >= 0.6 is 11.6 Å². The number of nitrogens with one attached hydrogen (secondary N) is 1. The molecule has 0 unspecified atom stereocenters. The highest BCUT2D eigenvalue weighted by atomic mass is 35.5. The lowest BCUT2D eigenvalue weighted by Crippen LogP contribution is -2.48. The minimum absolute atomic E-state index is 0.413. The minimum atomic E-state index is 0.413. The molecule has 0 heterocycles. The predicted octanol–water partition coefficient (Wildman–Crippen LogP) is 2.27. The number of rotatable bonds is 3. The average Bonchev–Trinajstić information content (AvgIpc) is 1.85. The zero-order valence-electron chi connectivity index (χ0n) is 6.36. The van der Waals surface area contributed by atoms with Crippen molar-refractivity contribution in [3.05, 3.63) is 11.6 Å². The van der Waals surface area contributed by atoms with Gasteiger partial charge in [0, 0.05) is 17.6 Å². The summed E-state index contributed by atoms with van der Waals surface area (Å²) in [6.45, 7) is 3.17. The third-order valence-corrected chi connectivity index (χ3v) is 2.37. The largest absolute Gasteiger partial charge is 0.308 e. The quantitative estimate of drug-likeness (QED) is 0.666. The van der Waals surface area contributed by atoms with Crippen LogP contribution in [0, 0.1) is 0 Å². The molecule has 0 aliphatic heterocycles. The summed E-state index contributed by atoms with van der Waals surface area (Å²) >= 11 is 5.37. The van der Waals surface area contributed by atoms with Gasteiger partial charge in [-0.15, -0.1) is 0 Å². The van der Waals surface area contributed by atoms with Gasteiger partial charge in [-0.3, -0.25) is 0 Å². The summed E-state index contributed by atoms with van der Waals surface area (Å²) in [6.07, 6.45) is 5.92. The lowest BCUT2D eigenvalue weighted by atomic mass is 9.78. The standard InChI is InChI=1S/C8H14ClN/c1-8(4-2-5-8)10-7-3-6-9/h3,6,10H,2,4-5,7H2,1H3/b6-3+. The van der Waals surface area contributed by atoms with Crippen LogP contribution in [-0.4, -0.2) is 12.1 Å². The molecule has 1 aliphatic carbocycles. The van der Waals surface area contributed by atoms with Crippen LogP contribution in [0.3, 0.4) is 0 Å². The van der Waals surface area contributed by atoms with Crippen LogP contribution in [0.2, 0.25) is 0 Å². The van der Waals surface area contributed by atoms with Crippen molar-refractivity contribution in [2.45, 2.75) is 31.7 Å². The fourth-order valence-electron chi connectivity index (χ4n) is 1.23. The second-order valence-corrected chi connectivity index (χ2v) is 3.41. The van der Waals surface area contributed by atoms with Crippen molar-refractivity contribution in [3.63, 3.8) is 0 Å². The van der Waals surface area contributed by atoms with Crippen LogP contribution < -0.4 is 5.32 Å². The van der Waals surface area contributed by atoms with Crippen molar-refractivity contribution in [1.82, 2.24) is 5.32 Å². The van der Waals surface area contributed by atoms with Gasteiger partial charge in [-0.25, -0.2) is 0 Å². The van der Waals surface area contributed by atoms with E-state index < -0.39 is 0 Å². The first-order valence-electron chi connectivity index (χ1n) is 3.77. The molecule has 0 saturated heterocycles. The van der Waals surface area contributed by atoms with Gasteiger partial charge in [0.15, 0.2) is 0 Å². The molecular weight excluding hydrogens is 146 g/mol. The molecule has 58 valence electrons. The predicted molar refractivity (Wildman–Crippen MR) is 45.3 cm³/mol. The molecule has 0 aromatic carbocycles. The summed E-state index contributed by atoms with van der Waals surface area (Å²) in [5.41, 5.74) is 1.98. The lowest BCUT2D eigenvalue weighted by molar-refractivity contribution is 0.217. The highest BCUT2D eigenvalue weighted by molar-refractivity contribution is 6.25. The Balaban J connectivity index is 2.12. The molecule has 0 aromatic heterocycles. The molecule has 10 heavy (non-hydrogen) atoms. The van der Waals surface area contributed by atoms with E-state index in [4.69, 9.17) is 11.6 Å². The maximum Gasteiger partial charge on any atom is 0.0156 e. The van der Waals surface area contributed by atoms with Crippen molar-refractivity contribution < 1.29 is 0 Å². The first-order chi connectivity index (χ1) is 4.77. The van der Waals surface area contributed by atoms with Crippen molar-refractivity contribution in [3.8, 4) is 0 Å². The molecular formula is C8H14ClN. The van der Waals surface area contributed by atoms with E-state index in [-0.39, 0.29) is 0 Å². The van der Waals surface area contributed by atoms with Crippen LogP contribution in [0.5, 0.6) is 0 Å². The zero-order chi connectivity index (χ0) is 7.45. The fraction of sp³-hybridized carbons (Fsp3) is 0.750. The van der Waals surface area contributed by atoms with Crippen molar-refractivity contribution in [2.24, 2.45) is 0 Å². The average molecular weight is 160 g/mol. The van der Waals surface area contributed by atoms with Crippen LogP contribution in [-0.2, 0) is 0 Å². The van der Waals surface area contributed by atoms with Gasteiger partial charge in [-0.1, -0.05) is 17.7 Å². The van der Waals surface area contributed by atoms with Crippen LogP contribution in [0.25, 0.3) is 0 Å². The molecule has 1 nitrogen and oxygen atoms in total. The van der Waals surface area contributed by atoms with E-state index in [0.29, 0.717) is 5.54 Å². The van der Waals surface area contributed by atoms with Gasteiger partial charge in [-0.05, 0) is 26.2 Å².